The van der Waals surface area contributed by atoms with E-state index in [1.165, 1.54) is 0 Å². The second-order valence-corrected chi connectivity index (χ2v) is 6.58. The standard InChI is InChI=1S/C19H28N4O2/c1-13(24)11-12-22(5)16(4)19(25)20-18-14(2)21-23(15(18)3)17-9-7-6-8-10-17/h6-10,13,16,24H,11-12H2,1-5H3,(H,20,25). The van der Waals surface area contributed by atoms with Crippen LogP contribution in [0, 0.1) is 13.8 Å². The van der Waals surface area contributed by atoms with E-state index in [0.29, 0.717) is 13.0 Å². The molecule has 1 aromatic carbocycles. The Morgan fingerprint density at radius 3 is 2.52 bits per heavy atom. The van der Waals surface area contributed by atoms with Gasteiger partial charge in [-0.3, -0.25) is 9.69 Å². The number of likely N-dealkylation sites (N-methyl/N-ethyl adjacent to an activating group) is 1. The number of hydrogen-bond donors (Lipinski definition) is 2. The van der Waals surface area contributed by atoms with Gasteiger partial charge in [0, 0.05) is 6.54 Å². The van der Waals surface area contributed by atoms with Crippen LogP contribution in [0.3, 0.4) is 0 Å². The second-order valence-electron chi connectivity index (χ2n) is 6.58. The minimum Gasteiger partial charge on any atom is -0.393 e. The van der Waals surface area contributed by atoms with Crippen LogP contribution in [0.2, 0.25) is 0 Å². The van der Waals surface area contributed by atoms with Gasteiger partial charge in [0.25, 0.3) is 0 Å². The molecule has 0 saturated heterocycles. The first-order valence-electron chi connectivity index (χ1n) is 8.62. The number of nitrogens with zero attached hydrogens (tertiary/aromatic N) is 3. The number of hydrogen-bond acceptors (Lipinski definition) is 4. The van der Waals surface area contributed by atoms with E-state index in [-0.39, 0.29) is 18.1 Å². The molecule has 0 bridgehead atoms. The summed E-state index contributed by atoms with van der Waals surface area (Å²) in [6.45, 7) is 8.12. The lowest BCUT2D eigenvalue weighted by Crippen LogP contribution is -2.40. The number of carbonyl (C=O) groups is 1. The van der Waals surface area contributed by atoms with Crippen LogP contribution >= 0.6 is 0 Å². The van der Waals surface area contributed by atoms with Gasteiger partial charge >= 0.3 is 0 Å². The maximum Gasteiger partial charge on any atom is 0.241 e. The molecule has 1 heterocycles. The quantitative estimate of drug-likeness (QED) is 0.810. The van der Waals surface area contributed by atoms with Crippen LogP contribution < -0.4 is 5.32 Å². The Morgan fingerprint density at radius 2 is 1.92 bits per heavy atom. The van der Waals surface area contributed by atoms with E-state index < -0.39 is 0 Å². The molecule has 6 nitrogen and oxygen atoms in total. The van der Waals surface area contributed by atoms with Crippen molar-refractivity contribution in [1.29, 1.82) is 0 Å². The highest BCUT2D eigenvalue weighted by molar-refractivity contribution is 5.95. The molecule has 136 valence electrons. The molecule has 1 amide bonds. The van der Waals surface area contributed by atoms with Gasteiger partial charge in [-0.25, -0.2) is 4.68 Å². The predicted octanol–water partition coefficient (Wildman–Crippen LogP) is 2.52. The highest BCUT2D eigenvalue weighted by atomic mass is 16.3. The number of carbonyl (C=O) groups excluding carboxylic acids is 1. The number of nitrogens with one attached hydrogen (secondary N) is 1. The first-order valence-corrected chi connectivity index (χ1v) is 8.62. The number of aliphatic hydroxyl groups excluding tert-OH is 1. The Balaban J connectivity index is 2.12. The molecule has 2 N–H and O–H groups in total. The summed E-state index contributed by atoms with van der Waals surface area (Å²) in [4.78, 5) is 14.5. The van der Waals surface area contributed by atoms with E-state index >= 15 is 0 Å². The molecule has 2 unspecified atom stereocenters. The number of aryl methyl sites for hydroxylation is 1. The Morgan fingerprint density at radius 1 is 1.28 bits per heavy atom. The van der Waals surface area contributed by atoms with Crippen molar-refractivity contribution in [3.63, 3.8) is 0 Å². The molecule has 0 radical (unpaired) electrons. The van der Waals surface area contributed by atoms with Crippen LogP contribution in [-0.2, 0) is 4.79 Å². The third kappa shape index (κ3) is 4.67. The number of amides is 1. The van der Waals surface area contributed by atoms with Crippen molar-refractivity contribution < 1.29 is 9.90 Å². The molecule has 6 heteroatoms. The molecule has 0 fully saturated rings. The van der Waals surface area contributed by atoms with E-state index in [1.807, 2.05) is 67.7 Å². The smallest absolute Gasteiger partial charge is 0.241 e. The van der Waals surface area contributed by atoms with Crippen LogP contribution in [0.5, 0.6) is 0 Å². The average molecular weight is 344 g/mol. The summed E-state index contributed by atoms with van der Waals surface area (Å²) < 4.78 is 1.84. The summed E-state index contributed by atoms with van der Waals surface area (Å²) in [7, 11) is 1.89. The van der Waals surface area contributed by atoms with Crippen LogP contribution in [0.25, 0.3) is 5.69 Å². The number of aromatic nitrogens is 2. The number of benzene rings is 1. The third-order valence-electron chi connectivity index (χ3n) is 4.48. The van der Waals surface area contributed by atoms with Crippen molar-refractivity contribution in [2.75, 3.05) is 18.9 Å². The van der Waals surface area contributed by atoms with Gasteiger partial charge in [0.05, 0.1) is 34.9 Å². The third-order valence-corrected chi connectivity index (χ3v) is 4.48. The fraction of sp³-hybridized carbons (Fsp3) is 0.474. The number of para-hydroxylation sites is 1. The Kier molecular flexibility index (Phi) is 6.33. The molecule has 25 heavy (non-hydrogen) atoms. The topological polar surface area (TPSA) is 70.4 Å². The van der Waals surface area contributed by atoms with Gasteiger partial charge in [-0.1, -0.05) is 18.2 Å². The lowest BCUT2D eigenvalue weighted by atomic mass is 10.2. The van der Waals surface area contributed by atoms with Crippen LogP contribution in [-0.4, -0.2) is 51.4 Å². The zero-order valence-corrected chi connectivity index (χ0v) is 15.7. The summed E-state index contributed by atoms with van der Waals surface area (Å²) in [5, 5.41) is 17.0. The van der Waals surface area contributed by atoms with Crippen LogP contribution in [0.1, 0.15) is 31.7 Å². The molecule has 0 spiro atoms. The molecule has 0 saturated carbocycles. The highest BCUT2D eigenvalue weighted by Gasteiger charge is 2.21. The van der Waals surface area contributed by atoms with Crippen LogP contribution in [0.15, 0.2) is 30.3 Å². The van der Waals surface area contributed by atoms with E-state index in [2.05, 4.69) is 10.4 Å². The Hall–Kier alpha value is -2.18. The second kappa shape index (κ2) is 8.27. The molecule has 0 aliphatic heterocycles. The van der Waals surface area contributed by atoms with Gasteiger partial charge in [-0.05, 0) is 53.3 Å². The minimum absolute atomic E-state index is 0.0769. The van der Waals surface area contributed by atoms with Gasteiger partial charge in [0.15, 0.2) is 0 Å². The lowest BCUT2D eigenvalue weighted by molar-refractivity contribution is -0.120. The van der Waals surface area contributed by atoms with Gasteiger partial charge in [-0.2, -0.15) is 5.10 Å². The summed E-state index contributed by atoms with van der Waals surface area (Å²) in [5.74, 6) is -0.0769. The van der Waals surface area contributed by atoms with Gasteiger partial charge < -0.3 is 10.4 Å². The summed E-state index contributed by atoms with van der Waals surface area (Å²) in [5.41, 5.74) is 3.40. The SMILES string of the molecule is Cc1nn(-c2ccccc2)c(C)c1NC(=O)C(C)N(C)CCC(C)O. The maximum atomic E-state index is 12.6. The molecule has 0 aliphatic carbocycles. The summed E-state index contributed by atoms with van der Waals surface area (Å²) in [6, 6.07) is 9.56. The highest BCUT2D eigenvalue weighted by Crippen LogP contribution is 2.23. The zero-order chi connectivity index (χ0) is 18.6. The molecule has 1 aromatic heterocycles. The fourth-order valence-electron chi connectivity index (χ4n) is 2.66. The van der Waals surface area contributed by atoms with Crippen LogP contribution in [0.4, 0.5) is 5.69 Å². The molecule has 0 aliphatic rings. The number of aliphatic hydroxyl groups is 1. The largest absolute Gasteiger partial charge is 0.393 e. The zero-order valence-electron chi connectivity index (χ0n) is 15.7. The van der Waals surface area contributed by atoms with Crippen molar-refractivity contribution in [2.24, 2.45) is 0 Å². The van der Waals surface area contributed by atoms with Crippen molar-refractivity contribution in [3.05, 3.63) is 41.7 Å². The van der Waals surface area contributed by atoms with Crippen molar-refractivity contribution in [2.45, 2.75) is 46.3 Å². The maximum absolute atomic E-state index is 12.6. The van der Waals surface area contributed by atoms with Crippen molar-refractivity contribution in [3.8, 4) is 5.69 Å². The molecule has 2 rings (SSSR count). The molecule has 2 aromatic rings. The van der Waals surface area contributed by atoms with E-state index in [1.54, 1.807) is 6.92 Å². The van der Waals surface area contributed by atoms with Crippen molar-refractivity contribution >= 4 is 11.6 Å². The monoisotopic (exact) mass is 344 g/mol. The van der Waals surface area contributed by atoms with E-state index in [0.717, 1.165) is 22.8 Å². The average Bonchev–Trinajstić information content (AvgIpc) is 2.87. The molecular weight excluding hydrogens is 316 g/mol. The van der Waals surface area contributed by atoms with E-state index in [4.69, 9.17) is 0 Å². The lowest BCUT2D eigenvalue weighted by Gasteiger charge is -2.24. The Bertz CT molecular complexity index is 710. The minimum atomic E-state index is -0.369. The Labute approximate surface area is 149 Å². The fourth-order valence-corrected chi connectivity index (χ4v) is 2.66. The number of anilines is 1. The number of rotatable bonds is 7. The normalized spacial score (nSPS) is 13.7. The first kappa shape index (κ1) is 19.1. The first-order chi connectivity index (χ1) is 11.8. The van der Waals surface area contributed by atoms with Gasteiger partial charge in [0.1, 0.15) is 0 Å². The molecule has 2 atom stereocenters. The van der Waals surface area contributed by atoms with Gasteiger partial charge in [-0.15, -0.1) is 0 Å². The molecular formula is C19H28N4O2. The van der Waals surface area contributed by atoms with E-state index in [9.17, 15) is 9.90 Å². The summed E-state index contributed by atoms with van der Waals surface area (Å²) >= 11 is 0. The summed E-state index contributed by atoms with van der Waals surface area (Å²) in [6.07, 6.45) is 0.268. The van der Waals surface area contributed by atoms with Crippen molar-refractivity contribution in [1.82, 2.24) is 14.7 Å². The van der Waals surface area contributed by atoms with Gasteiger partial charge in [0.2, 0.25) is 5.91 Å². The predicted molar refractivity (Wildman–Crippen MR) is 100 cm³/mol.